The van der Waals surface area contributed by atoms with Gasteiger partial charge in [0, 0.05) is 6.54 Å². The summed E-state index contributed by atoms with van der Waals surface area (Å²) in [6.07, 6.45) is 8.29. The molecule has 0 aromatic carbocycles. The van der Waals surface area contributed by atoms with Gasteiger partial charge in [-0.3, -0.25) is 9.59 Å². The summed E-state index contributed by atoms with van der Waals surface area (Å²) in [5, 5.41) is 11.6. The number of terminal acetylenes is 1. The lowest BCUT2D eigenvalue weighted by molar-refractivity contribution is -0.143. The minimum atomic E-state index is -0.699. The van der Waals surface area contributed by atoms with Crippen molar-refractivity contribution in [2.45, 2.75) is 32.1 Å². The Morgan fingerprint density at radius 3 is 2.44 bits per heavy atom. The van der Waals surface area contributed by atoms with Gasteiger partial charge in [-0.1, -0.05) is 5.92 Å². The van der Waals surface area contributed by atoms with Crippen molar-refractivity contribution in [1.29, 1.82) is 0 Å². The number of carbonyl (C=O) groups is 2. The van der Waals surface area contributed by atoms with Crippen LogP contribution in [0.2, 0.25) is 0 Å². The summed E-state index contributed by atoms with van der Waals surface area (Å²) in [6.45, 7) is 0.618. The average Bonchev–Trinajstić information content (AvgIpc) is 2.27. The van der Waals surface area contributed by atoms with E-state index >= 15 is 0 Å². The molecule has 0 bridgehead atoms. The van der Waals surface area contributed by atoms with Crippen LogP contribution in [0.4, 0.5) is 0 Å². The van der Waals surface area contributed by atoms with Crippen LogP contribution in [-0.2, 0) is 9.59 Å². The monoisotopic (exact) mass is 223 g/mol. The Hall–Kier alpha value is -1.50. The van der Waals surface area contributed by atoms with E-state index in [2.05, 4.69) is 11.2 Å². The van der Waals surface area contributed by atoms with E-state index in [-0.39, 0.29) is 18.2 Å². The number of carboxylic acid groups (broad SMARTS) is 1. The molecule has 16 heavy (non-hydrogen) atoms. The van der Waals surface area contributed by atoms with Crippen molar-refractivity contribution in [1.82, 2.24) is 5.32 Å². The highest BCUT2D eigenvalue weighted by molar-refractivity contribution is 5.78. The molecule has 1 amide bonds. The zero-order valence-electron chi connectivity index (χ0n) is 9.24. The van der Waals surface area contributed by atoms with Gasteiger partial charge in [0.1, 0.15) is 0 Å². The van der Waals surface area contributed by atoms with Crippen molar-refractivity contribution >= 4 is 11.9 Å². The highest BCUT2D eigenvalue weighted by atomic mass is 16.4. The SMILES string of the molecule is C#CCC(=O)NCC1CCC(C(=O)O)CC1. The highest BCUT2D eigenvalue weighted by Gasteiger charge is 2.25. The van der Waals surface area contributed by atoms with E-state index in [1.807, 2.05) is 0 Å². The number of hydrogen-bond donors (Lipinski definition) is 2. The van der Waals surface area contributed by atoms with E-state index in [4.69, 9.17) is 11.5 Å². The molecule has 4 heteroatoms. The number of rotatable bonds is 4. The fourth-order valence-corrected chi connectivity index (χ4v) is 2.03. The smallest absolute Gasteiger partial charge is 0.306 e. The molecule has 0 saturated heterocycles. The highest BCUT2D eigenvalue weighted by Crippen LogP contribution is 2.28. The Bertz CT molecular complexity index is 298. The lowest BCUT2D eigenvalue weighted by atomic mass is 9.82. The van der Waals surface area contributed by atoms with Crippen molar-refractivity contribution in [3.63, 3.8) is 0 Å². The van der Waals surface area contributed by atoms with Gasteiger partial charge in [0.05, 0.1) is 12.3 Å². The van der Waals surface area contributed by atoms with Crippen LogP contribution < -0.4 is 5.32 Å². The summed E-state index contributed by atoms with van der Waals surface area (Å²) < 4.78 is 0. The van der Waals surface area contributed by atoms with Crippen LogP contribution in [0.15, 0.2) is 0 Å². The number of hydrogen-bond acceptors (Lipinski definition) is 2. The van der Waals surface area contributed by atoms with Crippen LogP contribution in [0.1, 0.15) is 32.1 Å². The topological polar surface area (TPSA) is 66.4 Å². The Morgan fingerprint density at radius 2 is 1.94 bits per heavy atom. The lowest BCUT2D eigenvalue weighted by Gasteiger charge is -2.26. The second kappa shape index (κ2) is 6.16. The van der Waals surface area contributed by atoms with Crippen LogP contribution in [0, 0.1) is 24.2 Å². The maximum atomic E-state index is 11.1. The van der Waals surface area contributed by atoms with Crippen LogP contribution in [0.5, 0.6) is 0 Å². The molecule has 1 aliphatic carbocycles. The second-order valence-electron chi connectivity index (χ2n) is 4.24. The second-order valence-corrected chi connectivity index (χ2v) is 4.24. The Morgan fingerprint density at radius 1 is 1.31 bits per heavy atom. The van der Waals surface area contributed by atoms with E-state index in [0.29, 0.717) is 25.3 Å². The molecule has 0 aromatic heterocycles. The molecule has 1 rings (SSSR count). The van der Waals surface area contributed by atoms with Gasteiger partial charge in [-0.05, 0) is 31.6 Å². The largest absolute Gasteiger partial charge is 0.481 e. The molecule has 0 atom stereocenters. The fourth-order valence-electron chi connectivity index (χ4n) is 2.03. The standard InChI is InChI=1S/C12H17NO3/c1-2-3-11(14)13-8-9-4-6-10(7-5-9)12(15)16/h1,9-10H,3-8H2,(H,13,14)(H,15,16). The van der Waals surface area contributed by atoms with E-state index in [1.54, 1.807) is 0 Å². The maximum Gasteiger partial charge on any atom is 0.306 e. The summed E-state index contributed by atoms with van der Waals surface area (Å²) in [5.74, 6) is 1.67. The van der Waals surface area contributed by atoms with Crippen molar-refractivity contribution in [3.8, 4) is 12.3 Å². The van der Waals surface area contributed by atoms with Crippen molar-refractivity contribution in [2.75, 3.05) is 6.54 Å². The molecule has 0 radical (unpaired) electrons. The third-order valence-electron chi connectivity index (χ3n) is 3.05. The van der Waals surface area contributed by atoms with Gasteiger partial charge < -0.3 is 10.4 Å². The third kappa shape index (κ3) is 3.93. The first-order valence-corrected chi connectivity index (χ1v) is 5.56. The molecule has 0 heterocycles. The summed E-state index contributed by atoms with van der Waals surface area (Å²) in [7, 11) is 0. The van der Waals surface area contributed by atoms with Crippen molar-refractivity contribution < 1.29 is 14.7 Å². The first-order chi connectivity index (χ1) is 7.63. The number of aliphatic carboxylic acids is 1. The normalized spacial score (nSPS) is 24.4. The fraction of sp³-hybridized carbons (Fsp3) is 0.667. The zero-order chi connectivity index (χ0) is 12.0. The molecular weight excluding hydrogens is 206 g/mol. The molecule has 1 fully saturated rings. The molecule has 0 unspecified atom stereocenters. The van der Waals surface area contributed by atoms with Crippen LogP contribution in [-0.4, -0.2) is 23.5 Å². The minimum absolute atomic E-state index is 0.116. The first kappa shape index (κ1) is 12.6. The van der Waals surface area contributed by atoms with Gasteiger partial charge in [0.2, 0.25) is 5.91 Å². The Balaban J connectivity index is 2.20. The summed E-state index contributed by atoms with van der Waals surface area (Å²) in [5.41, 5.74) is 0. The quantitative estimate of drug-likeness (QED) is 0.699. The predicted octanol–water partition coefficient (Wildman–Crippen LogP) is 1.02. The number of amides is 1. The van der Waals surface area contributed by atoms with Gasteiger partial charge in [-0.25, -0.2) is 0 Å². The van der Waals surface area contributed by atoms with E-state index in [1.165, 1.54) is 0 Å². The Labute approximate surface area is 95.4 Å². The molecule has 2 N–H and O–H groups in total. The van der Waals surface area contributed by atoms with Gasteiger partial charge in [0.15, 0.2) is 0 Å². The average molecular weight is 223 g/mol. The minimum Gasteiger partial charge on any atom is -0.481 e. The van der Waals surface area contributed by atoms with Gasteiger partial charge in [-0.2, -0.15) is 0 Å². The number of carboxylic acids is 1. The van der Waals surface area contributed by atoms with Crippen molar-refractivity contribution in [3.05, 3.63) is 0 Å². The molecule has 1 aliphatic rings. The number of carbonyl (C=O) groups excluding carboxylic acids is 1. The third-order valence-corrected chi connectivity index (χ3v) is 3.05. The molecule has 0 aliphatic heterocycles. The molecule has 0 aromatic rings. The summed E-state index contributed by atoms with van der Waals surface area (Å²) in [6, 6.07) is 0. The molecule has 88 valence electrons. The van der Waals surface area contributed by atoms with E-state index in [0.717, 1.165) is 12.8 Å². The van der Waals surface area contributed by atoms with Crippen LogP contribution >= 0.6 is 0 Å². The van der Waals surface area contributed by atoms with Crippen LogP contribution in [0.3, 0.4) is 0 Å². The summed E-state index contributed by atoms with van der Waals surface area (Å²) in [4.78, 5) is 21.8. The molecule has 0 spiro atoms. The number of nitrogens with one attached hydrogen (secondary N) is 1. The van der Waals surface area contributed by atoms with Gasteiger partial charge in [0.25, 0.3) is 0 Å². The van der Waals surface area contributed by atoms with Gasteiger partial charge >= 0.3 is 5.97 Å². The zero-order valence-corrected chi connectivity index (χ0v) is 9.24. The Kier molecular flexibility index (Phi) is 4.84. The first-order valence-electron chi connectivity index (χ1n) is 5.56. The van der Waals surface area contributed by atoms with Gasteiger partial charge in [-0.15, -0.1) is 6.42 Å². The van der Waals surface area contributed by atoms with E-state index < -0.39 is 5.97 Å². The van der Waals surface area contributed by atoms with Crippen LogP contribution in [0.25, 0.3) is 0 Å². The molecular formula is C12H17NO3. The lowest BCUT2D eigenvalue weighted by Crippen LogP contribution is -2.32. The van der Waals surface area contributed by atoms with Crippen molar-refractivity contribution in [2.24, 2.45) is 11.8 Å². The maximum absolute atomic E-state index is 11.1. The molecule has 4 nitrogen and oxygen atoms in total. The molecule has 1 saturated carbocycles. The van der Waals surface area contributed by atoms with E-state index in [9.17, 15) is 9.59 Å². The predicted molar refractivity (Wildman–Crippen MR) is 59.5 cm³/mol. The summed E-state index contributed by atoms with van der Waals surface area (Å²) >= 11 is 0.